The highest BCUT2D eigenvalue weighted by molar-refractivity contribution is 6.03. The van der Waals surface area contributed by atoms with Gasteiger partial charge in [-0.15, -0.1) is 0 Å². The number of carbonyl (C=O) groups excluding carboxylic acids is 2. The Balaban J connectivity index is 1.75. The van der Waals surface area contributed by atoms with Gasteiger partial charge in [-0.05, 0) is 24.3 Å². The van der Waals surface area contributed by atoms with Gasteiger partial charge in [-0.25, -0.2) is 8.78 Å². The van der Waals surface area contributed by atoms with Crippen molar-refractivity contribution in [3.05, 3.63) is 54.1 Å². The summed E-state index contributed by atoms with van der Waals surface area (Å²) < 4.78 is 32.0. The molecule has 3 rings (SSSR count). The van der Waals surface area contributed by atoms with Crippen LogP contribution in [0.3, 0.4) is 0 Å². The average Bonchev–Trinajstić information content (AvgIpc) is 2.69. The van der Waals surface area contributed by atoms with Gasteiger partial charge in [-0.2, -0.15) is 0 Å². The van der Waals surface area contributed by atoms with Crippen LogP contribution in [0.25, 0.3) is 0 Å². The summed E-state index contributed by atoms with van der Waals surface area (Å²) in [5, 5.41) is 2.81. The quantitative estimate of drug-likeness (QED) is 0.854. The van der Waals surface area contributed by atoms with E-state index in [4.69, 9.17) is 4.74 Å². The summed E-state index contributed by atoms with van der Waals surface area (Å²) in [5.74, 6) is -3.00. The molecule has 0 bridgehead atoms. The fraction of sp³-hybridized carbons (Fsp3) is 0.300. The minimum atomic E-state index is -1.08. The highest BCUT2D eigenvalue weighted by atomic mass is 19.2. The summed E-state index contributed by atoms with van der Waals surface area (Å²) in [6.45, 7) is 3.57. The van der Waals surface area contributed by atoms with E-state index in [1.165, 1.54) is 13.0 Å². The van der Waals surface area contributed by atoms with Gasteiger partial charge < -0.3 is 19.9 Å². The molecule has 148 valence electrons. The van der Waals surface area contributed by atoms with Crippen LogP contribution in [0.15, 0.2) is 42.5 Å². The lowest BCUT2D eigenvalue weighted by atomic mass is 10.2. The normalized spacial score (nSPS) is 13.9. The van der Waals surface area contributed by atoms with E-state index in [2.05, 4.69) is 10.2 Å². The van der Waals surface area contributed by atoms with Crippen LogP contribution >= 0.6 is 0 Å². The summed E-state index contributed by atoms with van der Waals surface area (Å²) in [7, 11) is 0. The number of hydrogen-bond acceptors (Lipinski definition) is 4. The zero-order valence-corrected chi connectivity index (χ0v) is 15.5. The number of nitrogens with one attached hydrogen (secondary N) is 1. The van der Waals surface area contributed by atoms with Gasteiger partial charge in [0, 0.05) is 31.8 Å². The molecule has 0 spiro atoms. The van der Waals surface area contributed by atoms with Gasteiger partial charge in [0.15, 0.2) is 11.6 Å². The lowest BCUT2D eigenvalue weighted by Crippen LogP contribution is -2.38. The van der Waals surface area contributed by atoms with E-state index in [1.807, 2.05) is 12.1 Å². The standard InChI is InChI=1S/C20H21F2N3O3/c1-14(26)25(15-6-7-16(21)17(22)12-15)13-20(27)23-18-4-2-3-5-19(18)24-8-10-28-11-9-24/h2-7,12H,8-11,13H2,1H3,(H,23,27). The second-order valence-corrected chi connectivity index (χ2v) is 6.37. The Morgan fingerprint density at radius 3 is 2.50 bits per heavy atom. The molecule has 1 N–H and O–H groups in total. The molecule has 0 radical (unpaired) electrons. The number of ether oxygens (including phenoxy) is 1. The van der Waals surface area contributed by atoms with Gasteiger partial charge in [0.25, 0.3) is 0 Å². The van der Waals surface area contributed by atoms with E-state index in [1.54, 1.807) is 12.1 Å². The minimum Gasteiger partial charge on any atom is -0.378 e. The Bertz CT molecular complexity index is 870. The number of rotatable bonds is 5. The average molecular weight is 389 g/mol. The van der Waals surface area contributed by atoms with Crippen LogP contribution < -0.4 is 15.1 Å². The van der Waals surface area contributed by atoms with Crippen LogP contribution in [0.1, 0.15) is 6.92 Å². The van der Waals surface area contributed by atoms with Crippen molar-refractivity contribution in [1.29, 1.82) is 0 Å². The third-order valence-electron chi connectivity index (χ3n) is 4.43. The fourth-order valence-electron chi connectivity index (χ4n) is 3.03. The van der Waals surface area contributed by atoms with Crippen molar-refractivity contribution < 1.29 is 23.1 Å². The maximum Gasteiger partial charge on any atom is 0.244 e. The van der Waals surface area contributed by atoms with E-state index in [0.717, 1.165) is 22.7 Å². The smallest absolute Gasteiger partial charge is 0.244 e. The summed E-state index contributed by atoms with van der Waals surface area (Å²) in [6, 6.07) is 10.4. The Morgan fingerprint density at radius 1 is 1.11 bits per heavy atom. The molecule has 8 heteroatoms. The van der Waals surface area contributed by atoms with Crippen LogP contribution in [0, 0.1) is 11.6 Å². The van der Waals surface area contributed by atoms with Crippen molar-refractivity contribution in [3.63, 3.8) is 0 Å². The number of para-hydroxylation sites is 2. The molecular formula is C20H21F2N3O3. The van der Waals surface area contributed by atoms with E-state index < -0.39 is 23.4 Å². The zero-order valence-electron chi connectivity index (χ0n) is 15.5. The molecular weight excluding hydrogens is 368 g/mol. The molecule has 1 saturated heterocycles. The molecule has 2 aromatic carbocycles. The molecule has 0 atom stereocenters. The van der Waals surface area contributed by atoms with Crippen molar-refractivity contribution in [3.8, 4) is 0 Å². The molecule has 0 unspecified atom stereocenters. The first kappa shape index (κ1) is 19.8. The molecule has 6 nitrogen and oxygen atoms in total. The largest absolute Gasteiger partial charge is 0.378 e. The third-order valence-corrected chi connectivity index (χ3v) is 4.43. The number of carbonyl (C=O) groups is 2. The summed E-state index contributed by atoms with van der Waals surface area (Å²) in [4.78, 5) is 27.7. The Kier molecular flexibility index (Phi) is 6.20. The Morgan fingerprint density at radius 2 is 1.82 bits per heavy atom. The lowest BCUT2D eigenvalue weighted by molar-refractivity contribution is -0.120. The minimum absolute atomic E-state index is 0.114. The maximum atomic E-state index is 13.5. The van der Waals surface area contributed by atoms with Gasteiger partial charge in [0.1, 0.15) is 6.54 Å². The van der Waals surface area contributed by atoms with Gasteiger partial charge in [-0.3, -0.25) is 9.59 Å². The number of nitrogens with zero attached hydrogens (tertiary/aromatic N) is 2. The number of halogens is 2. The first-order valence-electron chi connectivity index (χ1n) is 8.90. The molecule has 1 heterocycles. The number of hydrogen-bond donors (Lipinski definition) is 1. The third kappa shape index (κ3) is 4.64. The fourth-order valence-corrected chi connectivity index (χ4v) is 3.03. The SMILES string of the molecule is CC(=O)N(CC(=O)Nc1ccccc1N1CCOCC1)c1ccc(F)c(F)c1. The van der Waals surface area contributed by atoms with Crippen molar-refractivity contribution in [2.24, 2.45) is 0 Å². The first-order valence-corrected chi connectivity index (χ1v) is 8.90. The molecule has 0 saturated carbocycles. The van der Waals surface area contributed by atoms with E-state index in [9.17, 15) is 18.4 Å². The first-order chi connectivity index (χ1) is 13.5. The van der Waals surface area contributed by atoms with Crippen molar-refractivity contribution in [2.75, 3.05) is 48.0 Å². The highest BCUT2D eigenvalue weighted by Gasteiger charge is 2.20. The molecule has 1 aliphatic rings. The van der Waals surface area contributed by atoms with Gasteiger partial charge in [0.2, 0.25) is 11.8 Å². The predicted octanol–water partition coefficient (Wildman–Crippen LogP) is 2.79. The number of benzene rings is 2. The predicted molar refractivity (Wildman–Crippen MR) is 102 cm³/mol. The second kappa shape index (κ2) is 8.79. The monoisotopic (exact) mass is 389 g/mol. The molecule has 28 heavy (non-hydrogen) atoms. The summed E-state index contributed by atoms with van der Waals surface area (Å²) in [6.07, 6.45) is 0. The van der Waals surface area contributed by atoms with Crippen LogP contribution in [0.4, 0.5) is 25.8 Å². The second-order valence-electron chi connectivity index (χ2n) is 6.37. The van der Waals surface area contributed by atoms with Crippen molar-refractivity contribution >= 4 is 28.9 Å². The topological polar surface area (TPSA) is 61.9 Å². The molecule has 1 fully saturated rings. The molecule has 0 aliphatic carbocycles. The Hall–Kier alpha value is -3.00. The van der Waals surface area contributed by atoms with Gasteiger partial charge in [0.05, 0.1) is 24.6 Å². The van der Waals surface area contributed by atoms with Crippen LogP contribution in [0.2, 0.25) is 0 Å². The van der Waals surface area contributed by atoms with Crippen LogP contribution in [0.5, 0.6) is 0 Å². The zero-order chi connectivity index (χ0) is 20.1. The van der Waals surface area contributed by atoms with Crippen molar-refractivity contribution in [2.45, 2.75) is 6.92 Å². The van der Waals surface area contributed by atoms with Crippen LogP contribution in [-0.2, 0) is 14.3 Å². The maximum absolute atomic E-state index is 13.5. The van der Waals surface area contributed by atoms with Crippen molar-refractivity contribution in [1.82, 2.24) is 0 Å². The molecule has 1 aliphatic heterocycles. The number of morpholine rings is 1. The molecule has 0 aromatic heterocycles. The molecule has 2 aromatic rings. The van der Waals surface area contributed by atoms with E-state index >= 15 is 0 Å². The highest BCUT2D eigenvalue weighted by Crippen LogP contribution is 2.26. The number of amides is 2. The summed E-state index contributed by atoms with van der Waals surface area (Å²) in [5.41, 5.74) is 1.59. The van der Waals surface area contributed by atoms with Gasteiger partial charge in [-0.1, -0.05) is 12.1 Å². The summed E-state index contributed by atoms with van der Waals surface area (Å²) >= 11 is 0. The van der Waals surface area contributed by atoms with Crippen LogP contribution in [-0.4, -0.2) is 44.7 Å². The molecule has 2 amide bonds. The number of anilines is 3. The lowest BCUT2D eigenvalue weighted by Gasteiger charge is -2.30. The van der Waals surface area contributed by atoms with E-state index in [-0.39, 0.29) is 12.2 Å². The van der Waals surface area contributed by atoms with Gasteiger partial charge >= 0.3 is 0 Å². The Labute approximate surface area is 161 Å². The van der Waals surface area contributed by atoms with E-state index in [0.29, 0.717) is 32.0 Å².